The van der Waals surface area contributed by atoms with Crippen LogP contribution in [-0.4, -0.2) is 63.7 Å². The monoisotopic (exact) mass is 469 g/mol. The van der Waals surface area contributed by atoms with Gasteiger partial charge in [0.1, 0.15) is 12.2 Å². The second-order valence-electron chi connectivity index (χ2n) is 9.32. The number of para-hydroxylation sites is 1. The van der Waals surface area contributed by atoms with Gasteiger partial charge in [-0.2, -0.15) is 0 Å². The molecule has 2 aromatic carbocycles. The van der Waals surface area contributed by atoms with Gasteiger partial charge in [-0.05, 0) is 49.6 Å². The molecule has 0 radical (unpaired) electrons. The number of hydrogen-bond donors (Lipinski definition) is 1. The maximum atomic E-state index is 4.96. The van der Waals surface area contributed by atoms with Gasteiger partial charge in [0, 0.05) is 57.1 Å². The van der Waals surface area contributed by atoms with Crippen molar-refractivity contribution in [3.63, 3.8) is 0 Å². The third-order valence-corrected chi connectivity index (χ3v) is 7.01. The minimum atomic E-state index is 0.816. The summed E-state index contributed by atoms with van der Waals surface area (Å²) in [7, 11) is 0. The molecule has 0 atom stereocenters. The zero-order valence-electron chi connectivity index (χ0n) is 21.0. The Morgan fingerprint density at radius 2 is 1.71 bits per heavy atom. The van der Waals surface area contributed by atoms with Crippen molar-refractivity contribution in [2.75, 3.05) is 49.5 Å². The first-order chi connectivity index (χ1) is 17.2. The Hall–Kier alpha value is -3.45. The van der Waals surface area contributed by atoms with Crippen molar-refractivity contribution < 1.29 is 0 Å². The van der Waals surface area contributed by atoms with E-state index in [9.17, 15) is 0 Å². The van der Waals surface area contributed by atoms with Crippen molar-refractivity contribution in [1.82, 2.24) is 24.4 Å². The second-order valence-corrected chi connectivity index (χ2v) is 9.32. The number of piperazine rings is 1. The highest BCUT2D eigenvalue weighted by Crippen LogP contribution is 2.25. The van der Waals surface area contributed by atoms with Crippen LogP contribution in [0.5, 0.6) is 0 Å². The molecule has 35 heavy (non-hydrogen) atoms. The Kier molecular flexibility index (Phi) is 6.95. The number of nitrogens with zero attached hydrogens (tertiary/aromatic N) is 6. The number of imidazole rings is 1. The predicted molar refractivity (Wildman–Crippen MR) is 144 cm³/mol. The van der Waals surface area contributed by atoms with Crippen LogP contribution in [0.25, 0.3) is 16.9 Å². The van der Waals surface area contributed by atoms with E-state index in [1.54, 1.807) is 6.33 Å². The number of anilines is 2. The summed E-state index contributed by atoms with van der Waals surface area (Å²) in [5, 5.41) is 3.55. The van der Waals surface area contributed by atoms with Gasteiger partial charge in [-0.3, -0.25) is 9.47 Å². The molecule has 0 unspecified atom stereocenters. The predicted octanol–water partition coefficient (Wildman–Crippen LogP) is 4.62. The van der Waals surface area contributed by atoms with Crippen LogP contribution in [0.4, 0.5) is 11.5 Å². The van der Waals surface area contributed by atoms with Crippen molar-refractivity contribution in [3.05, 3.63) is 71.8 Å². The van der Waals surface area contributed by atoms with Gasteiger partial charge in [0.15, 0.2) is 17.0 Å². The fourth-order valence-corrected chi connectivity index (χ4v) is 4.93. The zero-order chi connectivity index (χ0) is 24.2. The van der Waals surface area contributed by atoms with Gasteiger partial charge in [0.25, 0.3) is 0 Å². The summed E-state index contributed by atoms with van der Waals surface area (Å²) in [5.41, 5.74) is 6.93. The second kappa shape index (κ2) is 10.4. The van der Waals surface area contributed by atoms with Gasteiger partial charge >= 0.3 is 0 Å². The molecule has 0 spiro atoms. The molecule has 0 amide bonds. The Balaban J connectivity index is 1.24. The van der Waals surface area contributed by atoms with Gasteiger partial charge in [-0.15, -0.1) is 0 Å². The molecule has 182 valence electrons. The summed E-state index contributed by atoms with van der Waals surface area (Å²) in [4.78, 5) is 19.1. The molecule has 1 aliphatic heterocycles. The van der Waals surface area contributed by atoms with Gasteiger partial charge in [-0.25, -0.2) is 15.0 Å². The molecule has 1 aliphatic rings. The summed E-state index contributed by atoms with van der Waals surface area (Å²) >= 11 is 0. The highest BCUT2D eigenvalue weighted by Gasteiger charge is 2.20. The number of fused-ring (bicyclic) bond motifs is 1. The molecular weight excluding hydrogens is 434 g/mol. The smallest absolute Gasteiger partial charge is 0.170 e. The van der Waals surface area contributed by atoms with E-state index < -0.39 is 0 Å². The highest BCUT2D eigenvalue weighted by molar-refractivity contribution is 5.84. The van der Waals surface area contributed by atoms with Crippen LogP contribution >= 0.6 is 0 Å². The Labute approximate surface area is 207 Å². The van der Waals surface area contributed by atoms with E-state index in [1.807, 2.05) is 6.07 Å². The van der Waals surface area contributed by atoms with Crippen LogP contribution in [0.2, 0.25) is 0 Å². The fraction of sp³-hybridized carbons (Fsp3) is 0.393. The van der Waals surface area contributed by atoms with Crippen LogP contribution < -0.4 is 10.2 Å². The van der Waals surface area contributed by atoms with Crippen LogP contribution in [0.1, 0.15) is 30.3 Å². The number of aryl methyl sites for hydroxylation is 2. The largest absolute Gasteiger partial charge is 0.369 e. The maximum Gasteiger partial charge on any atom is 0.170 e. The molecule has 7 heteroatoms. The number of nitrogens with one attached hydrogen (secondary N) is 1. The minimum absolute atomic E-state index is 0.816. The van der Waals surface area contributed by atoms with Crippen molar-refractivity contribution in [1.29, 1.82) is 0 Å². The third-order valence-electron chi connectivity index (χ3n) is 7.01. The number of benzene rings is 2. The van der Waals surface area contributed by atoms with Crippen molar-refractivity contribution in [2.45, 2.75) is 33.6 Å². The lowest BCUT2D eigenvalue weighted by Crippen LogP contribution is -2.47. The van der Waals surface area contributed by atoms with Crippen LogP contribution in [0.15, 0.2) is 54.9 Å². The topological polar surface area (TPSA) is 62.1 Å². The molecule has 2 aromatic heterocycles. The van der Waals surface area contributed by atoms with Crippen molar-refractivity contribution >= 4 is 22.7 Å². The molecular formula is C28H35N7. The van der Waals surface area contributed by atoms with E-state index in [1.165, 1.54) is 16.8 Å². The van der Waals surface area contributed by atoms with E-state index in [0.29, 0.717) is 0 Å². The van der Waals surface area contributed by atoms with Crippen LogP contribution in [0.3, 0.4) is 0 Å². The third kappa shape index (κ3) is 4.86. The number of hydrogen-bond acceptors (Lipinski definition) is 6. The van der Waals surface area contributed by atoms with E-state index in [-0.39, 0.29) is 0 Å². The van der Waals surface area contributed by atoms with Crippen LogP contribution in [-0.2, 0) is 6.42 Å². The highest BCUT2D eigenvalue weighted by atomic mass is 15.3. The van der Waals surface area contributed by atoms with Gasteiger partial charge in [0.05, 0.1) is 0 Å². The summed E-state index contributed by atoms with van der Waals surface area (Å²) < 4.78 is 2.16. The summed E-state index contributed by atoms with van der Waals surface area (Å²) in [5.74, 6) is 1.84. The molecule has 7 nitrogen and oxygen atoms in total. The molecule has 0 bridgehead atoms. The van der Waals surface area contributed by atoms with Crippen LogP contribution in [0, 0.1) is 13.8 Å². The molecule has 4 aromatic rings. The van der Waals surface area contributed by atoms with E-state index in [2.05, 4.69) is 92.9 Å². The molecule has 1 saturated heterocycles. The zero-order valence-corrected chi connectivity index (χ0v) is 21.0. The first kappa shape index (κ1) is 23.3. The van der Waals surface area contributed by atoms with E-state index >= 15 is 0 Å². The first-order valence-electron chi connectivity index (χ1n) is 12.7. The molecule has 3 heterocycles. The Morgan fingerprint density at radius 1 is 0.914 bits per heavy atom. The maximum absolute atomic E-state index is 4.96. The van der Waals surface area contributed by atoms with Crippen molar-refractivity contribution in [3.8, 4) is 5.69 Å². The number of rotatable bonds is 8. The minimum Gasteiger partial charge on any atom is -0.369 e. The lowest BCUT2D eigenvalue weighted by molar-refractivity contribution is 0.267. The summed E-state index contributed by atoms with van der Waals surface area (Å²) in [6.45, 7) is 12.7. The lowest BCUT2D eigenvalue weighted by atomic mass is 10.1. The molecule has 5 rings (SSSR count). The quantitative estimate of drug-likeness (QED) is 0.406. The SMILES string of the molecule is CCCc1nc2c(NCCN3CCN(c4cccc(C)c4C)CC3)ncnc2n1-c1ccccc1. The van der Waals surface area contributed by atoms with Gasteiger partial charge < -0.3 is 10.2 Å². The average Bonchev–Trinajstić information content (AvgIpc) is 3.26. The summed E-state index contributed by atoms with van der Waals surface area (Å²) in [6.07, 6.45) is 3.57. The van der Waals surface area contributed by atoms with Crippen molar-refractivity contribution in [2.24, 2.45) is 0 Å². The normalized spacial score (nSPS) is 14.5. The Bertz CT molecular complexity index is 1270. The first-order valence-corrected chi connectivity index (χ1v) is 12.7. The summed E-state index contributed by atoms with van der Waals surface area (Å²) in [6, 6.07) is 17.0. The molecule has 0 aliphatic carbocycles. The van der Waals surface area contributed by atoms with E-state index in [0.717, 1.165) is 80.6 Å². The molecule has 1 N–H and O–H groups in total. The molecule has 0 saturated carbocycles. The fourth-order valence-electron chi connectivity index (χ4n) is 4.93. The average molecular weight is 470 g/mol. The van der Waals surface area contributed by atoms with Gasteiger partial charge in [0.2, 0.25) is 0 Å². The molecule has 1 fully saturated rings. The number of aromatic nitrogens is 4. The Morgan fingerprint density at radius 3 is 2.49 bits per heavy atom. The lowest BCUT2D eigenvalue weighted by Gasteiger charge is -2.37. The van der Waals surface area contributed by atoms with Gasteiger partial charge in [-0.1, -0.05) is 37.3 Å². The standard InChI is InChI=1S/C28H35N7/c1-4-9-25-32-26-27(30-20-31-28(26)35(25)23-11-6-5-7-12-23)29-14-15-33-16-18-34(19-17-33)24-13-8-10-21(2)22(24)3/h5-8,10-13,20H,4,9,14-19H2,1-3H3,(H,29,30,31). The van der Waals surface area contributed by atoms with E-state index in [4.69, 9.17) is 4.98 Å².